The standard InChI is InChI=1S/C33H33N7O5/c1-35(2)18-22-12-13-37-19-25(23-8-4-6-10-27(23)37)29-30(26-20-38(14-15-45-22)28-11-7-5-9-24(26)28)32(42)39(31(29)41)17-21-16-34-33(36(21)3)40(43)44/h4-11,16,19-20,22H,12-15,17-18H2,1-3H3. The third-order valence-corrected chi connectivity index (χ3v) is 8.77. The van der Waals surface area contributed by atoms with Crippen molar-refractivity contribution in [1.29, 1.82) is 0 Å². The first-order chi connectivity index (χ1) is 21.7. The van der Waals surface area contributed by atoms with Crippen molar-refractivity contribution < 1.29 is 19.2 Å². The van der Waals surface area contributed by atoms with E-state index in [0.717, 1.165) is 34.8 Å². The molecule has 3 aromatic heterocycles. The molecule has 0 saturated carbocycles. The third kappa shape index (κ3) is 4.82. The average Bonchev–Trinajstić information content (AvgIpc) is 3.74. The van der Waals surface area contributed by atoms with E-state index in [4.69, 9.17) is 4.74 Å². The van der Waals surface area contributed by atoms with E-state index < -0.39 is 16.7 Å². The van der Waals surface area contributed by atoms with Gasteiger partial charge in [-0.25, -0.2) is 4.57 Å². The Morgan fingerprint density at radius 1 is 0.933 bits per heavy atom. The number of amides is 2. The number of nitro groups is 1. The van der Waals surface area contributed by atoms with E-state index in [-0.39, 0.29) is 18.6 Å². The van der Waals surface area contributed by atoms with Crippen LogP contribution in [0.15, 0.2) is 67.1 Å². The molecule has 2 aliphatic heterocycles. The second-order valence-corrected chi connectivity index (χ2v) is 11.9. The van der Waals surface area contributed by atoms with Crippen LogP contribution < -0.4 is 0 Å². The highest BCUT2D eigenvalue weighted by Gasteiger charge is 2.42. The van der Waals surface area contributed by atoms with E-state index in [1.54, 1.807) is 0 Å². The zero-order valence-corrected chi connectivity index (χ0v) is 25.3. The lowest BCUT2D eigenvalue weighted by molar-refractivity contribution is -0.396. The average molecular weight is 608 g/mol. The molecule has 7 rings (SSSR count). The molecule has 0 N–H and O–H groups in total. The molecule has 230 valence electrons. The SMILES string of the molecule is CN(C)CC1CCn2cc(c3ccccc32)C2=C(C(=O)N(Cc3cnc([N+](=O)[O-])n3C)C2=O)c2cn(c3ccccc23)CCO1. The van der Waals surface area contributed by atoms with Crippen molar-refractivity contribution >= 4 is 50.7 Å². The van der Waals surface area contributed by atoms with Crippen molar-refractivity contribution in [2.24, 2.45) is 7.05 Å². The van der Waals surface area contributed by atoms with Gasteiger partial charge in [0.05, 0.1) is 37.4 Å². The van der Waals surface area contributed by atoms with Gasteiger partial charge in [-0.1, -0.05) is 41.4 Å². The number of aromatic nitrogens is 4. The monoisotopic (exact) mass is 607 g/mol. The minimum atomic E-state index is -0.588. The number of carbonyl (C=O) groups is 2. The van der Waals surface area contributed by atoms with Gasteiger partial charge in [0.15, 0.2) is 0 Å². The van der Waals surface area contributed by atoms with Crippen molar-refractivity contribution in [3.05, 3.63) is 94.1 Å². The van der Waals surface area contributed by atoms with Crippen molar-refractivity contribution in [3.63, 3.8) is 0 Å². The lowest BCUT2D eigenvalue weighted by Crippen LogP contribution is -2.31. The van der Waals surface area contributed by atoms with Gasteiger partial charge in [0.1, 0.15) is 11.9 Å². The number of ether oxygens (including phenoxy) is 1. The molecular formula is C33H33N7O5. The van der Waals surface area contributed by atoms with Gasteiger partial charge in [0.2, 0.25) is 0 Å². The number of rotatable bonds is 5. The lowest BCUT2D eigenvalue weighted by atomic mass is 9.95. The van der Waals surface area contributed by atoms with E-state index in [9.17, 15) is 19.7 Å². The van der Waals surface area contributed by atoms with Gasteiger partial charge in [-0.15, -0.1) is 0 Å². The van der Waals surface area contributed by atoms with Gasteiger partial charge in [0.25, 0.3) is 11.8 Å². The summed E-state index contributed by atoms with van der Waals surface area (Å²) >= 11 is 0. The summed E-state index contributed by atoms with van der Waals surface area (Å²) in [5, 5.41) is 13.2. The Kier molecular flexibility index (Phi) is 7.10. The normalized spacial score (nSPS) is 17.5. The topological polar surface area (TPSA) is 121 Å². The number of nitrogens with zero attached hydrogens (tertiary/aromatic N) is 7. The van der Waals surface area contributed by atoms with Crippen LogP contribution in [0.25, 0.3) is 33.0 Å². The molecule has 0 fully saturated rings. The molecule has 0 aliphatic carbocycles. The Morgan fingerprint density at radius 2 is 1.51 bits per heavy atom. The Labute approximate surface area is 258 Å². The zero-order valence-electron chi connectivity index (χ0n) is 25.3. The molecule has 1 unspecified atom stereocenters. The van der Waals surface area contributed by atoms with Gasteiger partial charge >= 0.3 is 5.95 Å². The first kappa shape index (κ1) is 28.7. The molecule has 2 aromatic carbocycles. The van der Waals surface area contributed by atoms with E-state index >= 15 is 0 Å². The second kappa shape index (κ2) is 11.1. The summed E-state index contributed by atoms with van der Waals surface area (Å²) in [5.41, 5.74) is 4.26. The highest BCUT2D eigenvalue weighted by Crippen LogP contribution is 2.42. The fourth-order valence-corrected chi connectivity index (χ4v) is 6.63. The Hall–Kier alpha value is -5.07. The van der Waals surface area contributed by atoms with Crippen molar-refractivity contribution in [2.75, 3.05) is 27.2 Å². The number of imide groups is 1. The minimum Gasteiger partial charge on any atom is -0.390 e. The molecule has 4 bridgehead atoms. The first-order valence-electron chi connectivity index (χ1n) is 14.9. The van der Waals surface area contributed by atoms with E-state index in [0.29, 0.717) is 47.7 Å². The molecule has 45 heavy (non-hydrogen) atoms. The van der Waals surface area contributed by atoms with Crippen LogP contribution in [0, 0.1) is 10.1 Å². The van der Waals surface area contributed by atoms with Gasteiger partial charge in [-0.2, -0.15) is 0 Å². The number of hydrogen-bond donors (Lipinski definition) is 0. The molecular weight excluding hydrogens is 574 g/mol. The third-order valence-electron chi connectivity index (χ3n) is 8.77. The zero-order chi connectivity index (χ0) is 31.4. The van der Waals surface area contributed by atoms with E-state index in [1.807, 2.05) is 75.0 Å². The van der Waals surface area contributed by atoms with Crippen LogP contribution in [0.5, 0.6) is 0 Å². The Morgan fingerprint density at radius 3 is 2.07 bits per heavy atom. The number of benzene rings is 2. The maximum atomic E-state index is 14.5. The summed E-state index contributed by atoms with van der Waals surface area (Å²) < 4.78 is 12.0. The molecule has 0 spiro atoms. The summed E-state index contributed by atoms with van der Waals surface area (Å²) in [5.74, 6) is -1.25. The largest absolute Gasteiger partial charge is 0.434 e. The van der Waals surface area contributed by atoms with Crippen LogP contribution in [0.2, 0.25) is 0 Å². The number of imidazole rings is 1. The first-order valence-corrected chi connectivity index (χ1v) is 14.9. The van der Waals surface area contributed by atoms with Gasteiger partial charge in [0, 0.05) is 65.0 Å². The Bertz CT molecular complexity index is 2030. The van der Waals surface area contributed by atoms with Gasteiger partial charge < -0.3 is 28.9 Å². The van der Waals surface area contributed by atoms with E-state index in [2.05, 4.69) is 19.0 Å². The maximum Gasteiger partial charge on any atom is 0.434 e. The van der Waals surface area contributed by atoms with Crippen molar-refractivity contribution in [3.8, 4) is 0 Å². The number of hydrogen-bond acceptors (Lipinski definition) is 7. The predicted octanol–water partition coefficient (Wildman–Crippen LogP) is 4.07. The van der Waals surface area contributed by atoms with Crippen molar-refractivity contribution in [1.82, 2.24) is 28.5 Å². The van der Waals surface area contributed by atoms with E-state index in [1.165, 1.54) is 22.7 Å². The predicted molar refractivity (Wildman–Crippen MR) is 169 cm³/mol. The molecule has 5 heterocycles. The van der Waals surface area contributed by atoms with Crippen LogP contribution in [-0.2, 0) is 41.0 Å². The summed E-state index contributed by atoms with van der Waals surface area (Å²) in [6.45, 7) is 2.34. The maximum absolute atomic E-state index is 14.5. The second-order valence-electron chi connectivity index (χ2n) is 11.9. The van der Waals surface area contributed by atoms with Crippen LogP contribution in [0.3, 0.4) is 0 Å². The molecule has 5 aromatic rings. The quantitative estimate of drug-likeness (QED) is 0.168. The molecule has 0 saturated heterocycles. The van der Waals surface area contributed by atoms with Crippen LogP contribution in [-0.4, -0.2) is 78.6 Å². The summed E-state index contributed by atoms with van der Waals surface area (Å²) in [6.07, 6.45) is 6.02. The highest BCUT2D eigenvalue weighted by atomic mass is 16.6. The number of aryl methyl sites for hydroxylation is 1. The minimum absolute atomic E-state index is 0.00300. The number of para-hydroxylation sites is 2. The smallest absolute Gasteiger partial charge is 0.390 e. The van der Waals surface area contributed by atoms with Crippen molar-refractivity contribution in [2.45, 2.75) is 32.2 Å². The Balaban J connectivity index is 1.44. The summed E-state index contributed by atoms with van der Waals surface area (Å²) in [7, 11) is 5.58. The molecule has 12 nitrogen and oxygen atoms in total. The molecule has 2 amide bonds. The highest BCUT2D eigenvalue weighted by molar-refractivity contribution is 6.50. The lowest BCUT2D eigenvalue weighted by Gasteiger charge is -2.22. The molecule has 0 radical (unpaired) electrons. The molecule has 1 atom stereocenters. The fraction of sp³-hybridized carbons (Fsp3) is 0.303. The summed E-state index contributed by atoms with van der Waals surface area (Å²) in [4.78, 5) is 47.0. The number of likely N-dealkylation sites (N-methyl/N-ethyl adjacent to an activating group) is 1. The van der Waals surface area contributed by atoms with Gasteiger partial charge in [-0.3, -0.25) is 14.5 Å². The molecule has 2 aliphatic rings. The van der Waals surface area contributed by atoms with Crippen LogP contribution in [0.1, 0.15) is 23.2 Å². The number of carbonyl (C=O) groups excluding carboxylic acids is 2. The fourth-order valence-electron chi connectivity index (χ4n) is 6.63. The van der Waals surface area contributed by atoms with Crippen LogP contribution in [0.4, 0.5) is 5.95 Å². The molecule has 12 heteroatoms. The summed E-state index contributed by atoms with van der Waals surface area (Å²) in [6, 6.07) is 15.8. The number of fused-ring (bicyclic) bond motifs is 12. The van der Waals surface area contributed by atoms with Crippen LogP contribution >= 0.6 is 0 Å². The van der Waals surface area contributed by atoms with Gasteiger partial charge in [-0.05, 0) is 37.6 Å².